The van der Waals surface area contributed by atoms with Crippen molar-refractivity contribution in [3.05, 3.63) is 32.9 Å². The molecule has 0 spiro atoms. The summed E-state index contributed by atoms with van der Waals surface area (Å²) >= 11 is 0. The van der Waals surface area contributed by atoms with Crippen molar-refractivity contribution in [2.75, 3.05) is 6.61 Å². The van der Waals surface area contributed by atoms with Gasteiger partial charge in [-0.15, -0.1) is 0 Å². The third-order valence-electron chi connectivity index (χ3n) is 2.85. The summed E-state index contributed by atoms with van der Waals surface area (Å²) < 4.78 is 33.9. The first-order valence-electron chi connectivity index (χ1n) is 5.72. The lowest BCUT2D eigenvalue weighted by Gasteiger charge is -2.16. The van der Waals surface area contributed by atoms with E-state index in [1.807, 2.05) is 0 Å². The first kappa shape index (κ1) is 16.0. The molecule has 0 amide bonds. The molecule has 2 rings (SSSR count). The Morgan fingerprint density at radius 1 is 1.52 bits per heavy atom. The molecular weight excluding hydrogens is 314 g/mol. The smallest absolute Gasteiger partial charge is 0.390 e. The summed E-state index contributed by atoms with van der Waals surface area (Å²) in [6, 6.07) is 0. The van der Waals surface area contributed by atoms with Crippen molar-refractivity contribution in [3.8, 4) is 0 Å². The van der Waals surface area contributed by atoms with Crippen molar-refractivity contribution in [2.45, 2.75) is 24.9 Å². The van der Waals surface area contributed by atoms with Crippen LogP contribution in [0.2, 0.25) is 0 Å². The normalized spacial score (nSPS) is 26.2. The molecular formula is C9H12FN2O8P. The van der Waals surface area contributed by atoms with Gasteiger partial charge in [-0.05, 0) is 0 Å². The van der Waals surface area contributed by atoms with E-state index in [0.29, 0.717) is 6.20 Å². The van der Waals surface area contributed by atoms with Crippen molar-refractivity contribution < 1.29 is 33.1 Å². The Hall–Kier alpha value is -1.36. The van der Waals surface area contributed by atoms with Gasteiger partial charge in [0.2, 0.25) is 5.82 Å². The van der Waals surface area contributed by atoms with Crippen molar-refractivity contribution in [2.24, 2.45) is 0 Å². The molecule has 0 bridgehead atoms. The van der Waals surface area contributed by atoms with Gasteiger partial charge < -0.3 is 19.6 Å². The van der Waals surface area contributed by atoms with Crippen LogP contribution < -0.4 is 11.2 Å². The van der Waals surface area contributed by atoms with Gasteiger partial charge in [0.25, 0.3) is 5.56 Å². The van der Waals surface area contributed by atoms with Gasteiger partial charge in [0, 0.05) is 6.42 Å². The summed E-state index contributed by atoms with van der Waals surface area (Å²) in [5, 5.41) is 9.69. The molecule has 1 aromatic heterocycles. The lowest BCUT2D eigenvalue weighted by Crippen LogP contribution is -2.34. The fourth-order valence-electron chi connectivity index (χ4n) is 1.88. The highest BCUT2D eigenvalue weighted by Gasteiger charge is 2.37. The van der Waals surface area contributed by atoms with Gasteiger partial charge in [-0.3, -0.25) is 18.9 Å². The van der Waals surface area contributed by atoms with E-state index in [-0.39, 0.29) is 6.42 Å². The second-order valence-electron chi connectivity index (χ2n) is 4.36. The molecule has 1 aliphatic heterocycles. The Morgan fingerprint density at radius 2 is 2.19 bits per heavy atom. The van der Waals surface area contributed by atoms with E-state index in [1.54, 1.807) is 4.98 Å². The van der Waals surface area contributed by atoms with Gasteiger partial charge in [0.05, 0.1) is 18.9 Å². The minimum absolute atomic E-state index is 0.138. The van der Waals surface area contributed by atoms with Gasteiger partial charge >= 0.3 is 13.5 Å². The largest absolute Gasteiger partial charge is 0.469 e. The number of hydrogen-bond acceptors (Lipinski definition) is 6. The Kier molecular flexibility index (Phi) is 4.42. The molecule has 2 heterocycles. The van der Waals surface area contributed by atoms with Gasteiger partial charge in [0.15, 0.2) is 0 Å². The van der Waals surface area contributed by atoms with E-state index < -0.39 is 49.9 Å². The number of aromatic nitrogens is 2. The van der Waals surface area contributed by atoms with E-state index in [0.717, 1.165) is 4.57 Å². The number of halogens is 1. The Bertz CT molecular complexity index is 681. The van der Waals surface area contributed by atoms with Gasteiger partial charge in [-0.1, -0.05) is 0 Å². The number of nitrogens with zero attached hydrogens (tertiary/aromatic N) is 1. The first-order chi connectivity index (χ1) is 9.67. The number of H-pyrrole nitrogens is 1. The summed E-state index contributed by atoms with van der Waals surface area (Å²) in [7, 11) is -4.73. The fraction of sp³-hybridized carbons (Fsp3) is 0.556. The predicted octanol–water partition coefficient (Wildman–Crippen LogP) is -1.57. The molecule has 1 fully saturated rings. The van der Waals surface area contributed by atoms with Gasteiger partial charge in [0.1, 0.15) is 12.3 Å². The molecule has 0 unspecified atom stereocenters. The van der Waals surface area contributed by atoms with Crippen LogP contribution in [0.5, 0.6) is 0 Å². The van der Waals surface area contributed by atoms with Crippen LogP contribution in [0.1, 0.15) is 12.6 Å². The molecule has 10 nitrogen and oxygen atoms in total. The molecule has 1 aliphatic rings. The van der Waals surface area contributed by atoms with E-state index in [4.69, 9.17) is 14.5 Å². The highest BCUT2D eigenvalue weighted by Crippen LogP contribution is 2.38. The van der Waals surface area contributed by atoms with E-state index in [9.17, 15) is 23.7 Å². The number of phosphoric acid groups is 1. The number of aliphatic hydroxyl groups excluding tert-OH is 1. The fourth-order valence-corrected chi connectivity index (χ4v) is 2.22. The number of aliphatic hydroxyl groups is 1. The predicted molar refractivity (Wildman–Crippen MR) is 63.8 cm³/mol. The monoisotopic (exact) mass is 326 g/mol. The Labute approximate surface area is 116 Å². The average Bonchev–Trinajstić information content (AvgIpc) is 2.72. The first-order valence-corrected chi connectivity index (χ1v) is 7.25. The maximum absolute atomic E-state index is 13.2. The summed E-state index contributed by atoms with van der Waals surface area (Å²) in [6.45, 7) is -0.609. The summed E-state index contributed by atoms with van der Waals surface area (Å²) in [4.78, 5) is 41.3. The average molecular weight is 326 g/mol. The zero-order valence-corrected chi connectivity index (χ0v) is 11.3. The molecule has 0 aliphatic carbocycles. The highest BCUT2D eigenvalue weighted by atomic mass is 31.2. The summed E-state index contributed by atoms with van der Waals surface area (Å²) in [5.41, 5.74) is -2.12. The summed E-state index contributed by atoms with van der Waals surface area (Å²) in [6.07, 6.45) is -2.89. The Morgan fingerprint density at radius 3 is 2.81 bits per heavy atom. The lowest BCUT2D eigenvalue weighted by molar-refractivity contribution is -0.0453. The number of ether oxygens (including phenoxy) is 1. The summed E-state index contributed by atoms with van der Waals surface area (Å²) in [5.74, 6) is -1.21. The second kappa shape index (κ2) is 5.79. The van der Waals surface area contributed by atoms with E-state index >= 15 is 0 Å². The number of rotatable bonds is 4. The second-order valence-corrected chi connectivity index (χ2v) is 5.60. The quantitative estimate of drug-likeness (QED) is 0.485. The Balaban J connectivity index is 2.14. The lowest BCUT2D eigenvalue weighted by atomic mass is 10.2. The van der Waals surface area contributed by atoms with Gasteiger partial charge in [-0.2, -0.15) is 4.39 Å². The molecule has 21 heavy (non-hydrogen) atoms. The topological polar surface area (TPSA) is 151 Å². The van der Waals surface area contributed by atoms with Crippen LogP contribution >= 0.6 is 7.82 Å². The molecule has 0 radical (unpaired) electrons. The van der Waals surface area contributed by atoms with Crippen LogP contribution in [0.4, 0.5) is 4.39 Å². The van der Waals surface area contributed by atoms with Crippen LogP contribution in [0.25, 0.3) is 0 Å². The third-order valence-corrected chi connectivity index (χ3v) is 3.33. The molecule has 1 saturated heterocycles. The van der Waals surface area contributed by atoms with E-state index in [2.05, 4.69) is 4.52 Å². The molecule has 4 N–H and O–H groups in total. The minimum atomic E-state index is -4.73. The number of hydrogen-bond donors (Lipinski definition) is 4. The van der Waals surface area contributed by atoms with Crippen molar-refractivity contribution >= 4 is 7.82 Å². The van der Waals surface area contributed by atoms with Crippen LogP contribution in [0.15, 0.2) is 15.8 Å². The van der Waals surface area contributed by atoms with Crippen LogP contribution in [-0.4, -0.2) is 43.3 Å². The zero-order chi connectivity index (χ0) is 15.8. The maximum atomic E-state index is 13.2. The zero-order valence-electron chi connectivity index (χ0n) is 10.4. The maximum Gasteiger partial charge on any atom is 0.469 e. The van der Waals surface area contributed by atoms with Crippen molar-refractivity contribution in [3.63, 3.8) is 0 Å². The molecule has 118 valence electrons. The third kappa shape index (κ3) is 3.84. The van der Waals surface area contributed by atoms with Crippen LogP contribution in [-0.2, 0) is 13.8 Å². The van der Waals surface area contributed by atoms with Crippen molar-refractivity contribution in [1.82, 2.24) is 9.55 Å². The molecule has 0 aromatic carbocycles. The molecule has 1 aromatic rings. The SMILES string of the molecule is O=c1[nH]c(=O)n([C@@H]2C[C@@H](O)[C@H](COP(=O)(O)O)O2)cc1F. The van der Waals surface area contributed by atoms with Crippen LogP contribution in [0.3, 0.4) is 0 Å². The minimum Gasteiger partial charge on any atom is -0.390 e. The number of aromatic amines is 1. The molecule has 12 heteroatoms. The molecule has 0 saturated carbocycles. The number of phosphoric ester groups is 1. The van der Waals surface area contributed by atoms with Crippen LogP contribution in [0, 0.1) is 5.82 Å². The van der Waals surface area contributed by atoms with Crippen molar-refractivity contribution in [1.29, 1.82) is 0 Å². The van der Waals surface area contributed by atoms with Gasteiger partial charge in [-0.25, -0.2) is 9.36 Å². The van der Waals surface area contributed by atoms with E-state index in [1.165, 1.54) is 0 Å². The standard InChI is InChI=1S/C9H12FN2O8P/c10-4-2-12(9(15)11-8(4)14)7-1-5(13)6(20-7)3-19-21(16,17)18/h2,5-7,13H,1,3H2,(H,11,14,15)(H2,16,17,18)/t5-,6+,7+/m1/s1. The highest BCUT2D eigenvalue weighted by molar-refractivity contribution is 7.46. The number of nitrogens with one attached hydrogen (secondary N) is 1. The molecule has 3 atom stereocenters.